The highest BCUT2D eigenvalue weighted by Gasteiger charge is 2.18. The zero-order valence-electron chi connectivity index (χ0n) is 16.7. The first-order valence-electron chi connectivity index (χ1n) is 10.1. The Morgan fingerprint density at radius 3 is 2.55 bits per heavy atom. The van der Waals surface area contributed by atoms with Crippen LogP contribution in [0, 0.1) is 0 Å². The standard InChI is InChI=1S/C24H21Cl3N2O2/c25-16-7-10-18(20(27)15-16)22-11-8-17(31-22)9-12-23(30)28-21-6-4-5-19(26)24(21)29-13-2-1-3-14-29/h4-12,15H,1-3,13-14H2,(H,28,30)/b12-9+. The molecule has 0 saturated carbocycles. The van der Waals surface area contributed by atoms with E-state index in [1.54, 1.807) is 36.4 Å². The number of hydrogen-bond donors (Lipinski definition) is 1. The number of halogens is 3. The van der Waals surface area contributed by atoms with Crippen LogP contribution in [0.2, 0.25) is 15.1 Å². The number of amides is 1. The van der Waals surface area contributed by atoms with Crippen molar-refractivity contribution in [1.29, 1.82) is 0 Å². The number of para-hydroxylation sites is 1. The Balaban J connectivity index is 1.47. The number of piperidine rings is 1. The monoisotopic (exact) mass is 474 g/mol. The molecule has 1 aliphatic rings. The molecule has 0 spiro atoms. The Morgan fingerprint density at radius 2 is 1.77 bits per heavy atom. The van der Waals surface area contributed by atoms with Crippen LogP contribution in [0.15, 0.2) is 59.0 Å². The Bertz CT molecular complexity index is 1120. The second-order valence-electron chi connectivity index (χ2n) is 7.33. The van der Waals surface area contributed by atoms with Crippen LogP contribution in [-0.2, 0) is 4.79 Å². The van der Waals surface area contributed by atoms with Gasteiger partial charge in [0.2, 0.25) is 5.91 Å². The maximum Gasteiger partial charge on any atom is 0.248 e. The van der Waals surface area contributed by atoms with E-state index in [1.165, 1.54) is 12.5 Å². The summed E-state index contributed by atoms with van der Waals surface area (Å²) in [5, 5.41) is 4.64. The summed E-state index contributed by atoms with van der Waals surface area (Å²) in [5.41, 5.74) is 2.32. The molecule has 0 bridgehead atoms. The highest BCUT2D eigenvalue weighted by atomic mass is 35.5. The number of carbonyl (C=O) groups excluding carboxylic acids is 1. The number of furan rings is 1. The van der Waals surface area contributed by atoms with Gasteiger partial charge in [-0.15, -0.1) is 0 Å². The fourth-order valence-corrected chi connectivity index (χ4v) is 4.46. The minimum Gasteiger partial charge on any atom is -0.457 e. The molecule has 0 atom stereocenters. The van der Waals surface area contributed by atoms with Crippen molar-refractivity contribution in [3.63, 3.8) is 0 Å². The molecule has 1 saturated heterocycles. The highest BCUT2D eigenvalue weighted by molar-refractivity contribution is 6.36. The normalized spacial score (nSPS) is 14.2. The Hall–Kier alpha value is -2.40. The van der Waals surface area contributed by atoms with Crippen molar-refractivity contribution >= 4 is 58.2 Å². The van der Waals surface area contributed by atoms with Gasteiger partial charge in [-0.1, -0.05) is 40.9 Å². The summed E-state index contributed by atoms with van der Waals surface area (Å²) in [6, 6.07) is 14.3. The number of benzene rings is 2. The maximum absolute atomic E-state index is 12.6. The number of nitrogens with zero attached hydrogens (tertiary/aromatic N) is 1. The predicted octanol–water partition coefficient (Wildman–Crippen LogP) is 7.55. The third-order valence-electron chi connectivity index (χ3n) is 5.14. The van der Waals surface area contributed by atoms with Crippen LogP contribution in [-0.4, -0.2) is 19.0 Å². The molecule has 2 heterocycles. The van der Waals surface area contributed by atoms with E-state index in [0.29, 0.717) is 32.3 Å². The topological polar surface area (TPSA) is 45.5 Å². The molecule has 1 aliphatic heterocycles. The van der Waals surface area contributed by atoms with Crippen LogP contribution in [0.25, 0.3) is 17.4 Å². The molecular formula is C24H21Cl3N2O2. The van der Waals surface area contributed by atoms with E-state index in [4.69, 9.17) is 39.2 Å². The van der Waals surface area contributed by atoms with Crippen molar-refractivity contribution in [2.24, 2.45) is 0 Å². The van der Waals surface area contributed by atoms with Gasteiger partial charge < -0.3 is 14.6 Å². The van der Waals surface area contributed by atoms with Crippen molar-refractivity contribution in [1.82, 2.24) is 0 Å². The molecule has 1 fully saturated rings. The zero-order chi connectivity index (χ0) is 21.8. The summed E-state index contributed by atoms with van der Waals surface area (Å²) < 4.78 is 5.81. The van der Waals surface area contributed by atoms with Gasteiger partial charge in [0.1, 0.15) is 11.5 Å². The predicted molar refractivity (Wildman–Crippen MR) is 129 cm³/mol. The third-order valence-corrected chi connectivity index (χ3v) is 5.99. The minimum atomic E-state index is -0.261. The van der Waals surface area contributed by atoms with E-state index in [2.05, 4.69) is 10.2 Å². The van der Waals surface area contributed by atoms with Crippen LogP contribution in [0.3, 0.4) is 0 Å². The maximum atomic E-state index is 12.6. The molecule has 0 aliphatic carbocycles. The molecular weight excluding hydrogens is 455 g/mol. The molecule has 2 aromatic carbocycles. The average molecular weight is 476 g/mol. The van der Waals surface area contributed by atoms with Crippen molar-refractivity contribution in [2.45, 2.75) is 19.3 Å². The van der Waals surface area contributed by atoms with Crippen molar-refractivity contribution < 1.29 is 9.21 Å². The molecule has 160 valence electrons. The second-order valence-corrected chi connectivity index (χ2v) is 8.58. The number of carbonyl (C=O) groups is 1. The summed E-state index contributed by atoms with van der Waals surface area (Å²) in [5.74, 6) is 0.880. The van der Waals surface area contributed by atoms with Crippen molar-refractivity contribution in [2.75, 3.05) is 23.3 Å². The lowest BCUT2D eigenvalue weighted by Gasteiger charge is -2.31. The van der Waals surface area contributed by atoms with Crippen LogP contribution in [0.5, 0.6) is 0 Å². The summed E-state index contributed by atoms with van der Waals surface area (Å²) in [4.78, 5) is 14.8. The molecule has 3 aromatic rings. The fourth-order valence-electron chi connectivity index (χ4n) is 3.66. The zero-order valence-corrected chi connectivity index (χ0v) is 19.0. The number of anilines is 2. The van der Waals surface area contributed by atoms with Gasteiger partial charge in [-0.2, -0.15) is 0 Å². The lowest BCUT2D eigenvalue weighted by Crippen LogP contribution is -2.30. The molecule has 4 nitrogen and oxygen atoms in total. The third kappa shape index (κ3) is 5.27. The van der Waals surface area contributed by atoms with Gasteiger partial charge in [-0.05, 0) is 67.8 Å². The molecule has 31 heavy (non-hydrogen) atoms. The lowest BCUT2D eigenvalue weighted by molar-refractivity contribution is -0.111. The summed E-state index contributed by atoms with van der Waals surface area (Å²) in [6.07, 6.45) is 6.52. The van der Waals surface area contributed by atoms with Gasteiger partial charge in [0.15, 0.2) is 0 Å². The molecule has 0 radical (unpaired) electrons. The number of nitrogens with one attached hydrogen (secondary N) is 1. The van der Waals surface area contributed by atoms with E-state index in [0.717, 1.165) is 37.2 Å². The van der Waals surface area contributed by atoms with Gasteiger partial charge in [0, 0.05) is 29.8 Å². The summed E-state index contributed by atoms with van der Waals surface area (Å²) >= 11 is 18.6. The van der Waals surface area contributed by atoms with Gasteiger partial charge >= 0.3 is 0 Å². The number of hydrogen-bond acceptors (Lipinski definition) is 3. The van der Waals surface area contributed by atoms with E-state index in [-0.39, 0.29) is 5.91 Å². The molecule has 4 rings (SSSR count). The quantitative estimate of drug-likeness (QED) is 0.387. The smallest absolute Gasteiger partial charge is 0.248 e. The van der Waals surface area contributed by atoms with E-state index in [1.807, 2.05) is 18.2 Å². The van der Waals surface area contributed by atoms with Crippen molar-refractivity contribution in [3.05, 3.63) is 75.4 Å². The largest absolute Gasteiger partial charge is 0.457 e. The SMILES string of the molecule is O=C(/C=C/c1ccc(-c2ccc(Cl)cc2Cl)o1)Nc1cccc(Cl)c1N1CCCCC1. The highest BCUT2D eigenvalue weighted by Crippen LogP contribution is 2.36. The first-order valence-corrected chi connectivity index (χ1v) is 11.2. The molecule has 0 unspecified atom stereocenters. The van der Waals surface area contributed by atoms with Crippen LogP contribution < -0.4 is 10.2 Å². The Kier molecular flexibility index (Phi) is 6.91. The van der Waals surface area contributed by atoms with Gasteiger partial charge in [-0.3, -0.25) is 4.79 Å². The molecule has 7 heteroatoms. The first-order chi connectivity index (χ1) is 15.0. The van der Waals surface area contributed by atoms with E-state index in [9.17, 15) is 4.79 Å². The Labute approximate surface area is 196 Å². The van der Waals surface area contributed by atoms with Crippen LogP contribution in [0.1, 0.15) is 25.0 Å². The van der Waals surface area contributed by atoms with E-state index >= 15 is 0 Å². The molecule has 1 N–H and O–H groups in total. The molecule has 1 amide bonds. The molecule has 1 aromatic heterocycles. The van der Waals surface area contributed by atoms with Gasteiger partial charge in [0.05, 0.1) is 21.4 Å². The Morgan fingerprint density at radius 1 is 0.968 bits per heavy atom. The van der Waals surface area contributed by atoms with Crippen LogP contribution >= 0.6 is 34.8 Å². The fraction of sp³-hybridized carbons (Fsp3) is 0.208. The summed E-state index contributed by atoms with van der Waals surface area (Å²) in [6.45, 7) is 1.87. The first kappa shape index (κ1) is 21.8. The lowest BCUT2D eigenvalue weighted by atomic mass is 10.1. The average Bonchev–Trinajstić information content (AvgIpc) is 3.22. The van der Waals surface area contributed by atoms with Crippen LogP contribution in [0.4, 0.5) is 11.4 Å². The van der Waals surface area contributed by atoms with Gasteiger partial charge in [0.25, 0.3) is 0 Å². The number of rotatable bonds is 5. The summed E-state index contributed by atoms with van der Waals surface area (Å²) in [7, 11) is 0. The van der Waals surface area contributed by atoms with Gasteiger partial charge in [-0.25, -0.2) is 0 Å². The minimum absolute atomic E-state index is 0.261. The van der Waals surface area contributed by atoms with E-state index < -0.39 is 0 Å². The second kappa shape index (κ2) is 9.82. The van der Waals surface area contributed by atoms with Crippen molar-refractivity contribution in [3.8, 4) is 11.3 Å².